The van der Waals surface area contributed by atoms with E-state index in [-0.39, 0.29) is 5.41 Å². The molecule has 0 saturated heterocycles. The smallest absolute Gasteiger partial charge is 0.202 e. The second-order valence-corrected chi connectivity index (χ2v) is 7.13. The summed E-state index contributed by atoms with van der Waals surface area (Å²) < 4.78 is 28.3. The number of nitrogens with one attached hydrogen (secondary N) is 1. The molecule has 0 bridgehead atoms. The zero-order chi connectivity index (χ0) is 13.6. The van der Waals surface area contributed by atoms with Crippen LogP contribution in [0.4, 0.5) is 0 Å². The van der Waals surface area contributed by atoms with Gasteiger partial charge in [0.1, 0.15) is 0 Å². The van der Waals surface area contributed by atoms with Crippen LogP contribution in [0.1, 0.15) is 46.0 Å². The van der Waals surface area contributed by atoms with Gasteiger partial charge in [-0.25, -0.2) is 4.72 Å². The molecule has 1 saturated carbocycles. The molecule has 0 radical (unpaired) electrons. The molecule has 0 amide bonds. The molecule has 0 unspecified atom stereocenters. The highest BCUT2D eigenvalue weighted by Gasteiger charge is 2.33. The summed E-state index contributed by atoms with van der Waals surface area (Å²) in [5.41, 5.74) is -0.0416. The van der Waals surface area contributed by atoms with Gasteiger partial charge in [0.2, 0.25) is 0 Å². The minimum atomic E-state index is -3.35. The standard InChI is InChI=1S/C12H25ClN2O2S/c1-3-15(4-2)18(16,17)14-11-12(10-13)8-6-5-7-9-12/h14H,3-11H2,1-2H3. The van der Waals surface area contributed by atoms with Crippen molar-refractivity contribution in [1.82, 2.24) is 9.03 Å². The highest BCUT2D eigenvalue weighted by molar-refractivity contribution is 7.87. The third kappa shape index (κ3) is 4.08. The lowest BCUT2D eigenvalue weighted by molar-refractivity contribution is 0.222. The van der Waals surface area contributed by atoms with Crippen LogP contribution in [0.5, 0.6) is 0 Å². The Labute approximate surface area is 116 Å². The maximum atomic E-state index is 12.1. The summed E-state index contributed by atoms with van der Waals surface area (Å²) in [5.74, 6) is 0.535. The lowest BCUT2D eigenvalue weighted by Crippen LogP contribution is -2.46. The van der Waals surface area contributed by atoms with Crippen molar-refractivity contribution in [2.45, 2.75) is 46.0 Å². The molecule has 4 nitrogen and oxygen atoms in total. The van der Waals surface area contributed by atoms with Gasteiger partial charge in [0, 0.05) is 25.5 Å². The summed E-state index contributed by atoms with van der Waals surface area (Å²) >= 11 is 6.06. The highest BCUT2D eigenvalue weighted by Crippen LogP contribution is 2.36. The highest BCUT2D eigenvalue weighted by atomic mass is 35.5. The van der Waals surface area contributed by atoms with Crippen LogP contribution in [0.3, 0.4) is 0 Å². The molecule has 0 atom stereocenters. The summed E-state index contributed by atoms with van der Waals surface area (Å²) in [6.07, 6.45) is 5.59. The maximum Gasteiger partial charge on any atom is 0.279 e. The molecule has 1 N–H and O–H groups in total. The van der Waals surface area contributed by atoms with Crippen molar-refractivity contribution in [3.63, 3.8) is 0 Å². The van der Waals surface area contributed by atoms with Gasteiger partial charge >= 0.3 is 0 Å². The molecule has 6 heteroatoms. The van der Waals surface area contributed by atoms with E-state index < -0.39 is 10.2 Å². The lowest BCUT2D eigenvalue weighted by atomic mass is 9.76. The van der Waals surface area contributed by atoms with Gasteiger partial charge in [0.25, 0.3) is 10.2 Å². The number of halogens is 1. The van der Waals surface area contributed by atoms with Crippen molar-refractivity contribution in [3.05, 3.63) is 0 Å². The summed E-state index contributed by atoms with van der Waals surface area (Å²) in [5, 5.41) is 0. The van der Waals surface area contributed by atoms with Gasteiger partial charge < -0.3 is 0 Å². The summed E-state index contributed by atoms with van der Waals surface area (Å²) in [6, 6.07) is 0. The van der Waals surface area contributed by atoms with Gasteiger partial charge in [-0.15, -0.1) is 11.6 Å². The number of nitrogens with zero attached hydrogens (tertiary/aromatic N) is 1. The zero-order valence-corrected chi connectivity index (χ0v) is 13.0. The van der Waals surface area contributed by atoms with Gasteiger partial charge in [-0.05, 0) is 18.3 Å². The van der Waals surface area contributed by atoms with Crippen molar-refractivity contribution in [2.24, 2.45) is 5.41 Å². The van der Waals surface area contributed by atoms with Crippen LogP contribution in [-0.2, 0) is 10.2 Å². The summed E-state index contributed by atoms with van der Waals surface area (Å²) in [7, 11) is -3.35. The van der Waals surface area contributed by atoms with E-state index in [9.17, 15) is 8.42 Å². The van der Waals surface area contributed by atoms with E-state index in [0.29, 0.717) is 25.5 Å². The summed E-state index contributed by atoms with van der Waals surface area (Å²) in [4.78, 5) is 0. The van der Waals surface area contributed by atoms with Crippen molar-refractivity contribution in [2.75, 3.05) is 25.5 Å². The van der Waals surface area contributed by atoms with Gasteiger partial charge in [-0.3, -0.25) is 0 Å². The van der Waals surface area contributed by atoms with Gasteiger partial charge in [-0.2, -0.15) is 12.7 Å². The van der Waals surface area contributed by atoms with E-state index in [1.165, 1.54) is 10.7 Å². The van der Waals surface area contributed by atoms with Gasteiger partial charge in [0.05, 0.1) is 0 Å². The largest absolute Gasteiger partial charge is 0.279 e. The Balaban J connectivity index is 2.62. The topological polar surface area (TPSA) is 49.4 Å². The third-order valence-electron chi connectivity index (χ3n) is 3.87. The Kier molecular flexibility index (Phi) is 6.38. The SMILES string of the molecule is CCN(CC)S(=O)(=O)NCC1(CCl)CCCCC1. The lowest BCUT2D eigenvalue weighted by Gasteiger charge is -2.36. The van der Waals surface area contributed by atoms with Crippen molar-refractivity contribution in [1.29, 1.82) is 0 Å². The van der Waals surface area contributed by atoms with Crippen LogP contribution in [0.15, 0.2) is 0 Å². The molecule has 0 aromatic rings. The Bertz CT molecular complexity index is 336. The van der Waals surface area contributed by atoms with Crippen LogP contribution < -0.4 is 4.72 Å². The van der Waals surface area contributed by atoms with E-state index in [1.807, 2.05) is 13.8 Å². The third-order valence-corrected chi connectivity index (χ3v) is 6.14. The van der Waals surface area contributed by atoms with Crippen molar-refractivity contribution < 1.29 is 8.42 Å². The first kappa shape index (κ1) is 16.2. The minimum absolute atomic E-state index is 0.0416. The monoisotopic (exact) mass is 296 g/mol. The second-order valence-electron chi connectivity index (χ2n) is 5.10. The number of rotatable bonds is 7. The van der Waals surface area contributed by atoms with Crippen LogP contribution in [0, 0.1) is 5.41 Å². The molecule has 0 heterocycles. The molecule has 0 spiro atoms. The van der Waals surface area contributed by atoms with Crippen LogP contribution in [0.25, 0.3) is 0 Å². The predicted molar refractivity (Wildman–Crippen MR) is 76.1 cm³/mol. The number of hydrogen-bond acceptors (Lipinski definition) is 2. The number of alkyl halides is 1. The van der Waals surface area contributed by atoms with E-state index in [1.54, 1.807) is 0 Å². The van der Waals surface area contributed by atoms with E-state index in [2.05, 4.69) is 4.72 Å². The maximum absolute atomic E-state index is 12.1. The molecule has 1 fully saturated rings. The van der Waals surface area contributed by atoms with Crippen LogP contribution in [-0.4, -0.2) is 38.2 Å². The first-order chi connectivity index (χ1) is 8.49. The molecule has 1 rings (SSSR count). The van der Waals surface area contributed by atoms with Crippen molar-refractivity contribution in [3.8, 4) is 0 Å². The van der Waals surface area contributed by atoms with E-state index >= 15 is 0 Å². The number of hydrogen-bond donors (Lipinski definition) is 1. The molecular formula is C12H25ClN2O2S. The summed E-state index contributed by atoms with van der Waals surface area (Å²) in [6.45, 7) is 5.16. The second kappa shape index (κ2) is 7.08. The predicted octanol–water partition coefficient (Wildman–Crippen LogP) is 2.35. The first-order valence-corrected chi connectivity index (χ1v) is 8.78. The van der Waals surface area contributed by atoms with Crippen LogP contribution in [0.2, 0.25) is 0 Å². The van der Waals surface area contributed by atoms with Crippen molar-refractivity contribution >= 4 is 21.8 Å². The fourth-order valence-corrected chi connectivity index (χ4v) is 4.27. The molecule has 18 heavy (non-hydrogen) atoms. The molecular weight excluding hydrogens is 272 g/mol. The van der Waals surface area contributed by atoms with Gasteiger partial charge in [0.15, 0.2) is 0 Å². The quantitative estimate of drug-likeness (QED) is 0.733. The van der Waals surface area contributed by atoms with Gasteiger partial charge in [-0.1, -0.05) is 33.1 Å². The molecule has 0 aromatic heterocycles. The Hall–Kier alpha value is 0.160. The molecule has 0 aromatic carbocycles. The normalized spacial score (nSPS) is 20.2. The average molecular weight is 297 g/mol. The molecule has 1 aliphatic rings. The molecule has 108 valence electrons. The fraction of sp³-hybridized carbons (Fsp3) is 1.00. The minimum Gasteiger partial charge on any atom is -0.202 e. The molecule has 0 aliphatic heterocycles. The average Bonchev–Trinajstić information content (AvgIpc) is 2.39. The first-order valence-electron chi connectivity index (χ1n) is 6.80. The van der Waals surface area contributed by atoms with E-state index in [0.717, 1.165) is 25.7 Å². The fourth-order valence-electron chi connectivity index (χ4n) is 2.56. The van der Waals surface area contributed by atoms with Crippen LogP contribution >= 0.6 is 11.6 Å². The van der Waals surface area contributed by atoms with E-state index in [4.69, 9.17) is 11.6 Å². The Morgan fingerprint density at radius 1 is 1.17 bits per heavy atom. The molecule has 1 aliphatic carbocycles. The Morgan fingerprint density at radius 3 is 2.17 bits per heavy atom. The Morgan fingerprint density at radius 2 is 1.72 bits per heavy atom. The zero-order valence-electron chi connectivity index (χ0n) is 11.4.